The molecule has 1 unspecified atom stereocenters. The van der Waals surface area contributed by atoms with E-state index < -0.39 is 0 Å². The number of likely N-dealkylation sites (tertiary alicyclic amines) is 1. The second-order valence-electron chi connectivity index (χ2n) is 5.99. The number of rotatable bonds is 6. The molecule has 2 heterocycles. The Morgan fingerprint density at radius 3 is 2.88 bits per heavy atom. The number of benzene rings is 1. The Labute approximate surface area is 142 Å². The van der Waals surface area contributed by atoms with Gasteiger partial charge in [-0.3, -0.25) is 9.58 Å². The van der Waals surface area contributed by atoms with Crippen LogP contribution in [0.1, 0.15) is 30.0 Å². The summed E-state index contributed by atoms with van der Waals surface area (Å²) >= 11 is 0. The first kappa shape index (κ1) is 16.5. The fraction of sp³-hybridized carbons (Fsp3) is 0.368. The number of nitrogens with zero attached hydrogens (tertiary/aromatic N) is 3. The highest BCUT2D eigenvalue weighted by Gasteiger charge is 2.25. The van der Waals surface area contributed by atoms with Crippen LogP contribution in [0.5, 0.6) is 0 Å². The van der Waals surface area contributed by atoms with E-state index >= 15 is 0 Å². The molecule has 3 rings (SSSR count). The first-order chi connectivity index (χ1) is 11.8. The molecule has 0 bridgehead atoms. The van der Waals surface area contributed by atoms with E-state index in [2.05, 4.69) is 39.0 Å². The van der Waals surface area contributed by atoms with E-state index in [1.807, 2.05) is 23.1 Å². The molecule has 0 spiro atoms. The maximum Gasteiger partial charge on any atom is 0.330 e. The average molecular weight is 325 g/mol. The Morgan fingerprint density at radius 1 is 1.33 bits per heavy atom. The fourth-order valence-corrected chi connectivity index (χ4v) is 3.20. The van der Waals surface area contributed by atoms with E-state index in [-0.39, 0.29) is 5.97 Å². The van der Waals surface area contributed by atoms with E-state index in [1.165, 1.54) is 31.6 Å². The lowest BCUT2D eigenvalue weighted by Gasteiger charge is -2.24. The first-order valence-corrected chi connectivity index (χ1v) is 8.34. The molecule has 1 aromatic heterocycles. The summed E-state index contributed by atoms with van der Waals surface area (Å²) in [5.41, 5.74) is 2.34. The number of esters is 1. The molecule has 0 saturated carbocycles. The minimum Gasteiger partial charge on any atom is -0.466 e. The standard InChI is InChI=1S/C19H23N3O2/c1-24-19(23)10-7-16-5-8-17(9-6-16)18-4-2-12-21(18)14-15-22-13-3-11-20-22/h3,5-11,13,18H,2,4,12,14-15H2,1H3. The minimum absolute atomic E-state index is 0.334. The summed E-state index contributed by atoms with van der Waals surface area (Å²) in [6.07, 6.45) is 9.47. The molecule has 1 atom stereocenters. The highest BCUT2D eigenvalue weighted by atomic mass is 16.5. The quantitative estimate of drug-likeness (QED) is 0.605. The third kappa shape index (κ3) is 4.11. The molecule has 1 fully saturated rings. The van der Waals surface area contributed by atoms with Crippen LogP contribution in [0, 0.1) is 0 Å². The number of aromatic nitrogens is 2. The highest BCUT2D eigenvalue weighted by molar-refractivity contribution is 5.86. The van der Waals surface area contributed by atoms with Crippen molar-refractivity contribution in [3.63, 3.8) is 0 Å². The first-order valence-electron chi connectivity index (χ1n) is 8.34. The van der Waals surface area contributed by atoms with Gasteiger partial charge in [-0.05, 0) is 42.7 Å². The lowest BCUT2D eigenvalue weighted by Crippen LogP contribution is -2.27. The van der Waals surface area contributed by atoms with Crippen molar-refractivity contribution in [2.75, 3.05) is 20.2 Å². The van der Waals surface area contributed by atoms with Gasteiger partial charge in [0.15, 0.2) is 0 Å². The van der Waals surface area contributed by atoms with Crippen LogP contribution in [0.25, 0.3) is 6.08 Å². The van der Waals surface area contributed by atoms with Crippen LogP contribution in [0.3, 0.4) is 0 Å². The number of hydrogen-bond acceptors (Lipinski definition) is 4. The SMILES string of the molecule is COC(=O)C=Cc1ccc(C2CCCN2CCn2cccn2)cc1. The Bertz CT molecular complexity index is 677. The third-order valence-electron chi connectivity index (χ3n) is 4.47. The molecular weight excluding hydrogens is 302 g/mol. The van der Waals surface area contributed by atoms with Gasteiger partial charge >= 0.3 is 5.97 Å². The van der Waals surface area contributed by atoms with Gasteiger partial charge in [0.05, 0.1) is 13.7 Å². The zero-order valence-electron chi connectivity index (χ0n) is 14.0. The molecule has 126 valence electrons. The second kappa shape index (κ2) is 7.93. The van der Waals surface area contributed by atoms with Gasteiger partial charge in [-0.1, -0.05) is 24.3 Å². The maximum absolute atomic E-state index is 11.2. The summed E-state index contributed by atoms with van der Waals surface area (Å²) in [6, 6.07) is 10.9. The van der Waals surface area contributed by atoms with E-state index in [9.17, 15) is 4.79 Å². The molecule has 0 N–H and O–H groups in total. The van der Waals surface area contributed by atoms with Gasteiger partial charge < -0.3 is 4.74 Å². The fourth-order valence-electron chi connectivity index (χ4n) is 3.20. The summed E-state index contributed by atoms with van der Waals surface area (Å²) in [6.45, 7) is 3.07. The Morgan fingerprint density at radius 2 is 2.17 bits per heavy atom. The Balaban J connectivity index is 1.62. The van der Waals surface area contributed by atoms with E-state index in [0.717, 1.165) is 25.2 Å². The zero-order valence-corrected chi connectivity index (χ0v) is 14.0. The van der Waals surface area contributed by atoms with Crippen LogP contribution >= 0.6 is 0 Å². The molecule has 1 aliphatic heterocycles. The van der Waals surface area contributed by atoms with Crippen molar-refractivity contribution in [2.24, 2.45) is 0 Å². The summed E-state index contributed by atoms with van der Waals surface area (Å²) in [7, 11) is 1.38. The topological polar surface area (TPSA) is 47.4 Å². The molecule has 1 aromatic carbocycles. The van der Waals surface area contributed by atoms with Gasteiger partial charge in [-0.2, -0.15) is 5.10 Å². The van der Waals surface area contributed by atoms with Crippen molar-refractivity contribution in [3.8, 4) is 0 Å². The van der Waals surface area contributed by atoms with Crippen LogP contribution < -0.4 is 0 Å². The summed E-state index contributed by atoms with van der Waals surface area (Å²) in [5.74, 6) is -0.334. The predicted molar refractivity (Wildman–Crippen MR) is 93.3 cm³/mol. The van der Waals surface area contributed by atoms with Gasteiger partial charge in [-0.25, -0.2) is 4.79 Å². The highest BCUT2D eigenvalue weighted by Crippen LogP contribution is 2.31. The number of carbonyl (C=O) groups excluding carboxylic acids is 1. The summed E-state index contributed by atoms with van der Waals surface area (Å²) < 4.78 is 6.59. The smallest absolute Gasteiger partial charge is 0.330 e. The van der Waals surface area contributed by atoms with Crippen molar-refractivity contribution in [1.82, 2.24) is 14.7 Å². The third-order valence-corrected chi connectivity index (χ3v) is 4.47. The average Bonchev–Trinajstić information content (AvgIpc) is 3.29. The van der Waals surface area contributed by atoms with Crippen LogP contribution in [0.2, 0.25) is 0 Å². The molecule has 1 saturated heterocycles. The monoisotopic (exact) mass is 325 g/mol. The number of methoxy groups -OCH3 is 1. The van der Waals surface area contributed by atoms with Gasteiger partial charge in [0.25, 0.3) is 0 Å². The van der Waals surface area contributed by atoms with Crippen molar-refractivity contribution in [1.29, 1.82) is 0 Å². The number of hydrogen-bond donors (Lipinski definition) is 0. The van der Waals surface area contributed by atoms with Gasteiger partial charge in [0, 0.05) is 31.1 Å². The normalized spacial score (nSPS) is 18.3. The van der Waals surface area contributed by atoms with Crippen LogP contribution in [0.4, 0.5) is 0 Å². The predicted octanol–water partition coefficient (Wildman–Crippen LogP) is 2.91. The van der Waals surface area contributed by atoms with Crippen LogP contribution in [-0.2, 0) is 16.1 Å². The summed E-state index contributed by atoms with van der Waals surface area (Å²) in [5, 5.41) is 4.27. The van der Waals surface area contributed by atoms with Crippen molar-refractivity contribution >= 4 is 12.0 Å². The molecule has 5 nitrogen and oxygen atoms in total. The van der Waals surface area contributed by atoms with Gasteiger partial charge in [-0.15, -0.1) is 0 Å². The van der Waals surface area contributed by atoms with Gasteiger partial charge in [0.2, 0.25) is 0 Å². The summed E-state index contributed by atoms with van der Waals surface area (Å²) in [4.78, 5) is 13.7. The number of ether oxygens (including phenoxy) is 1. The molecule has 0 radical (unpaired) electrons. The van der Waals surface area contributed by atoms with Crippen molar-refractivity contribution in [3.05, 3.63) is 59.9 Å². The molecule has 5 heteroatoms. The van der Waals surface area contributed by atoms with Crippen LogP contribution in [0.15, 0.2) is 48.8 Å². The molecule has 2 aromatic rings. The zero-order chi connectivity index (χ0) is 16.8. The molecule has 24 heavy (non-hydrogen) atoms. The Kier molecular flexibility index (Phi) is 5.43. The van der Waals surface area contributed by atoms with Crippen molar-refractivity contribution in [2.45, 2.75) is 25.4 Å². The van der Waals surface area contributed by atoms with Crippen LogP contribution in [-0.4, -0.2) is 40.8 Å². The van der Waals surface area contributed by atoms with E-state index in [0.29, 0.717) is 6.04 Å². The second-order valence-corrected chi connectivity index (χ2v) is 5.99. The number of carbonyl (C=O) groups is 1. The van der Waals surface area contributed by atoms with Crippen molar-refractivity contribution < 1.29 is 9.53 Å². The van der Waals surface area contributed by atoms with E-state index in [1.54, 1.807) is 6.08 Å². The Hall–Kier alpha value is -2.40. The molecule has 0 aliphatic carbocycles. The molecule has 1 aliphatic rings. The molecular formula is C19H23N3O2. The van der Waals surface area contributed by atoms with E-state index in [4.69, 9.17) is 0 Å². The lowest BCUT2D eigenvalue weighted by molar-refractivity contribution is -0.134. The lowest BCUT2D eigenvalue weighted by atomic mass is 10.0. The largest absolute Gasteiger partial charge is 0.466 e. The van der Waals surface area contributed by atoms with Gasteiger partial charge in [0.1, 0.15) is 0 Å². The minimum atomic E-state index is -0.334. The maximum atomic E-state index is 11.2. The molecule has 0 amide bonds.